The van der Waals surface area contributed by atoms with Gasteiger partial charge in [0, 0.05) is 12.0 Å². The molecule has 0 aromatic carbocycles. The van der Waals surface area contributed by atoms with Gasteiger partial charge in [0.25, 0.3) is 0 Å². The smallest absolute Gasteiger partial charge is 0.0502 e. The van der Waals surface area contributed by atoms with Crippen molar-refractivity contribution in [2.75, 3.05) is 13.2 Å². The molecule has 58 valence electrons. The monoisotopic (exact) mass is 141 g/mol. The maximum absolute atomic E-state index is 9.03. The summed E-state index contributed by atoms with van der Waals surface area (Å²) < 4.78 is 0. The SMILES string of the molecule is NCC1(CO)CC=CCC1. The largest absolute Gasteiger partial charge is 0.396 e. The van der Waals surface area contributed by atoms with Gasteiger partial charge in [0.1, 0.15) is 0 Å². The topological polar surface area (TPSA) is 46.2 Å². The van der Waals surface area contributed by atoms with Gasteiger partial charge in [0.05, 0.1) is 6.61 Å². The minimum absolute atomic E-state index is 0.00868. The summed E-state index contributed by atoms with van der Waals surface area (Å²) in [5.41, 5.74) is 5.56. The van der Waals surface area contributed by atoms with Gasteiger partial charge in [0.2, 0.25) is 0 Å². The Morgan fingerprint density at radius 2 is 2.30 bits per heavy atom. The number of nitrogens with two attached hydrogens (primary N) is 1. The fourth-order valence-electron chi connectivity index (χ4n) is 1.34. The van der Waals surface area contributed by atoms with Crippen molar-refractivity contribution in [1.82, 2.24) is 0 Å². The Morgan fingerprint density at radius 3 is 2.60 bits per heavy atom. The standard InChI is InChI=1S/C8H15NO/c9-6-8(7-10)4-2-1-3-5-8/h1-2,10H,3-7,9H2. The number of hydrogen-bond acceptors (Lipinski definition) is 2. The van der Waals surface area contributed by atoms with E-state index in [1.807, 2.05) is 0 Å². The third kappa shape index (κ3) is 1.39. The molecule has 0 fully saturated rings. The first kappa shape index (κ1) is 7.76. The molecule has 1 atom stereocenters. The van der Waals surface area contributed by atoms with E-state index < -0.39 is 0 Å². The molecule has 1 aliphatic carbocycles. The van der Waals surface area contributed by atoms with Crippen LogP contribution < -0.4 is 5.73 Å². The Bertz CT molecular complexity index is 127. The molecule has 10 heavy (non-hydrogen) atoms. The number of hydrogen-bond donors (Lipinski definition) is 2. The molecule has 0 heterocycles. The maximum atomic E-state index is 9.03. The highest BCUT2D eigenvalue weighted by Gasteiger charge is 2.27. The van der Waals surface area contributed by atoms with E-state index in [1.54, 1.807) is 0 Å². The highest BCUT2D eigenvalue weighted by atomic mass is 16.3. The van der Waals surface area contributed by atoms with E-state index >= 15 is 0 Å². The van der Waals surface area contributed by atoms with Crippen molar-refractivity contribution in [2.45, 2.75) is 19.3 Å². The van der Waals surface area contributed by atoms with Crippen LogP contribution in [0.4, 0.5) is 0 Å². The number of aliphatic hydroxyl groups excluding tert-OH is 1. The Hall–Kier alpha value is -0.340. The summed E-state index contributed by atoms with van der Waals surface area (Å²) in [4.78, 5) is 0. The first-order valence-electron chi connectivity index (χ1n) is 3.79. The molecule has 1 unspecified atom stereocenters. The normalized spacial score (nSPS) is 32.6. The van der Waals surface area contributed by atoms with E-state index in [0.717, 1.165) is 19.3 Å². The Labute approximate surface area is 61.7 Å². The lowest BCUT2D eigenvalue weighted by molar-refractivity contribution is 0.121. The van der Waals surface area contributed by atoms with Gasteiger partial charge in [-0.05, 0) is 19.3 Å². The van der Waals surface area contributed by atoms with E-state index in [9.17, 15) is 0 Å². The van der Waals surface area contributed by atoms with Crippen LogP contribution >= 0.6 is 0 Å². The van der Waals surface area contributed by atoms with E-state index in [1.165, 1.54) is 0 Å². The van der Waals surface area contributed by atoms with Crippen molar-refractivity contribution in [3.8, 4) is 0 Å². The fourth-order valence-corrected chi connectivity index (χ4v) is 1.34. The molecule has 0 amide bonds. The van der Waals surface area contributed by atoms with E-state index in [4.69, 9.17) is 10.8 Å². The molecule has 0 radical (unpaired) electrons. The third-order valence-electron chi connectivity index (χ3n) is 2.33. The third-order valence-corrected chi connectivity index (χ3v) is 2.33. The van der Waals surface area contributed by atoms with Crippen LogP contribution in [0.15, 0.2) is 12.2 Å². The first-order valence-corrected chi connectivity index (χ1v) is 3.79. The summed E-state index contributed by atoms with van der Waals surface area (Å²) >= 11 is 0. The predicted molar refractivity (Wildman–Crippen MR) is 41.6 cm³/mol. The van der Waals surface area contributed by atoms with Gasteiger partial charge in [-0.3, -0.25) is 0 Å². The van der Waals surface area contributed by atoms with Gasteiger partial charge in [-0.1, -0.05) is 12.2 Å². The van der Waals surface area contributed by atoms with Crippen LogP contribution in [0.3, 0.4) is 0 Å². The molecule has 0 saturated carbocycles. The summed E-state index contributed by atoms with van der Waals surface area (Å²) in [6, 6.07) is 0. The molecule has 0 aromatic heterocycles. The average Bonchev–Trinajstić information content (AvgIpc) is 2.06. The highest BCUT2D eigenvalue weighted by molar-refractivity contribution is 4.98. The highest BCUT2D eigenvalue weighted by Crippen LogP contribution is 2.30. The summed E-state index contributed by atoms with van der Waals surface area (Å²) in [5.74, 6) is 0. The average molecular weight is 141 g/mol. The van der Waals surface area contributed by atoms with Crippen LogP contribution in [0.25, 0.3) is 0 Å². The lowest BCUT2D eigenvalue weighted by Crippen LogP contribution is -2.34. The van der Waals surface area contributed by atoms with E-state index in [0.29, 0.717) is 6.54 Å². The lowest BCUT2D eigenvalue weighted by atomic mass is 9.78. The molecule has 0 aromatic rings. The van der Waals surface area contributed by atoms with Gasteiger partial charge >= 0.3 is 0 Å². The molecule has 0 saturated heterocycles. The first-order chi connectivity index (χ1) is 4.83. The van der Waals surface area contributed by atoms with Crippen molar-refractivity contribution in [3.63, 3.8) is 0 Å². The Balaban J connectivity index is 2.55. The minimum Gasteiger partial charge on any atom is -0.396 e. The number of allylic oxidation sites excluding steroid dienone is 2. The minimum atomic E-state index is 0.00868. The zero-order valence-electron chi connectivity index (χ0n) is 6.21. The zero-order valence-corrected chi connectivity index (χ0v) is 6.21. The Kier molecular flexibility index (Phi) is 2.46. The fraction of sp³-hybridized carbons (Fsp3) is 0.750. The summed E-state index contributed by atoms with van der Waals surface area (Å²) in [5, 5.41) is 9.03. The lowest BCUT2D eigenvalue weighted by Gasteiger charge is -2.31. The van der Waals surface area contributed by atoms with Crippen molar-refractivity contribution in [3.05, 3.63) is 12.2 Å². The quantitative estimate of drug-likeness (QED) is 0.555. The van der Waals surface area contributed by atoms with Gasteiger partial charge in [-0.2, -0.15) is 0 Å². The van der Waals surface area contributed by atoms with Crippen molar-refractivity contribution < 1.29 is 5.11 Å². The van der Waals surface area contributed by atoms with Gasteiger partial charge < -0.3 is 10.8 Å². The molecule has 1 rings (SSSR count). The second kappa shape index (κ2) is 3.17. The second-order valence-electron chi connectivity index (χ2n) is 3.08. The molecule has 0 spiro atoms. The number of aliphatic hydroxyl groups is 1. The molecule has 2 nitrogen and oxygen atoms in total. The molecule has 1 aliphatic rings. The van der Waals surface area contributed by atoms with Gasteiger partial charge in [0.15, 0.2) is 0 Å². The second-order valence-corrected chi connectivity index (χ2v) is 3.08. The van der Waals surface area contributed by atoms with Crippen molar-refractivity contribution >= 4 is 0 Å². The molecule has 2 heteroatoms. The van der Waals surface area contributed by atoms with Crippen LogP contribution in [0.2, 0.25) is 0 Å². The molecular formula is C8H15NO. The van der Waals surface area contributed by atoms with E-state index in [-0.39, 0.29) is 12.0 Å². The maximum Gasteiger partial charge on any atom is 0.0502 e. The van der Waals surface area contributed by atoms with E-state index in [2.05, 4.69) is 12.2 Å². The van der Waals surface area contributed by atoms with Gasteiger partial charge in [-0.25, -0.2) is 0 Å². The van der Waals surface area contributed by atoms with Crippen molar-refractivity contribution in [1.29, 1.82) is 0 Å². The summed E-state index contributed by atoms with van der Waals surface area (Å²) in [7, 11) is 0. The summed E-state index contributed by atoms with van der Waals surface area (Å²) in [6.45, 7) is 0.835. The van der Waals surface area contributed by atoms with Crippen LogP contribution in [0.5, 0.6) is 0 Å². The molecule has 0 bridgehead atoms. The summed E-state index contributed by atoms with van der Waals surface area (Å²) in [6.07, 6.45) is 7.32. The number of rotatable bonds is 2. The van der Waals surface area contributed by atoms with Gasteiger partial charge in [-0.15, -0.1) is 0 Å². The van der Waals surface area contributed by atoms with Crippen LogP contribution in [-0.4, -0.2) is 18.3 Å². The zero-order chi connectivity index (χ0) is 7.45. The Morgan fingerprint density at radius 1 is 1.50 bits per heavy atom. The molecule has 0 aliphatic heterocycles. The van der Waals surface area contributed by atoms with Crippen LogP contribution in [0, 0.1) is 5.41 Å². The van der Waals surface area contributed by atoms with Crippen LogP contribution in [-0.2, 0) is 0 Å². The predicted octanol–water partition coefficient (Wildman–Crippen LogP) is 0.664. The van der Waals surface area contributed by atoms with Crippen LogP contribution in [0.1, 0.15) is 19.3 Å². The van der Waals surface area contributed by atoms with Crippen molar-refractivity contribution in [2.24, 2.45) is 11.1 Å². The molecule has 3 N–H and O–H groups in total. The molecular weight excluding hydrogens is 126 g/mol.